The predicted octanol–water partition coefficient (Wildman–Crippen LogP) is 4.51. The highest BCUT2D eigenvalue weighted by molar-refractivity contribution is 6.35. The first-order valence-electron chi connectivity index (χ1n) is 7.10. The molecule has 2 aromatic rings. The van der Waals surface area contributed by atoms with Crippen LogP contribution in [0.2, 0.25) is 10.0 Å². The number of aliphatic hydroxyl groups excluding tert-OH is 1. The SMILES string of the molecule is CC(NCC(O)COc1ccc(Cl)cc1Cl)c1ccccc1.Cl. The van der Waals surface area contributed by atoms with Crippen LogP contribution in [0.25, 0.3) is 0 Å². The summed E-state index contributed by atoms with van der Waals surface area (Å²) in [6.45, 7) is 2.65. The molecule has 2 unspecified atom stereocenters. The number of nitrogens with one attached hydrogen (secondary N) is 1. The van der Waals surface area contributed by atoms with Gasteiger partial charge in [0.15, 0.2) is 0 Å². The number of halogens is 3. The molecule has 0 radical (unpaired) electrons. The minimum absolute atomic E-state index is 0. The Labute approximate surface area is 153 Å². The van der Waals surface area contributed by atoms with E-state index in [-0.39, 0.29) is 25.1 Å². The van der Waals surface area contributed by atoms with Gasteiger partial charge in [-0.15, -0.1) is 12.4 Å². The second-order valence-electron chi connectivity index (χ2n) is 5.08. The Kier molecular flexibility index (Phi) is 8.74. The molecule has 2 N–H and O–H groups in total. The lowest BCUT2D eigenvalue weighted by atomic mass is 10.1. The Hall–Kier alpha value is -0.970. The molecule has 2 aromatic carbocycles. The summed E-state index contributed by atoms with van der Waals surface area (Å²) < 4.78 is 5.51. The monoisotopic (exact) mass is 375 g/mol. The second-order valence-corrected chi connectivity index (χ2v) is 5.92. The number of ether oxygens (including phenoxy) is 1. The number of hydrogen-bond donors (Lipinski definition) is 2. The Balaban J connectivity index is 0.00000264. The molecule has 126 valence electrons. The zero-order chi connectivity index (χ0) is 15.9. The van der Waals surface area contributed by atoms with Crippen LogP contribution in [-0.2, 0) is 0 Å². The minimum Gasteiger partial charge on any atom is -0.489 e. The summed E-state index contributed by atoms with van der Waals surface area (Å²) in [5.74, 6) is 0.515. The summed E-state index contributed by atoms with van der Waals surface area (Å²) in [5.41, 5.74) is 1.18. The van der Waals surface area contributed by atoms with Crippen LogP contribution in [0.15, 0.2) is 48.5 Å². The zero-order valence-corrected chi connectivity index (χ0v) is 15.0. The zero-order valence-electron chi connectivity index (χ0n) is 12.7. The highest BCUT2D eigenvalue weighted by atomic mass is 35.5. The van der Waals surface area contributed by atoms with E-state index in [4.69, 9.17) is 27.9 Å². The van der Waals surface area contributed by atoms with Crippen LogP contribution >= 0.6 is 35.6 Å². The maximum absolute atomic E-state index is 10.00. The fraction of sp³-hybridized carbons (Fsp3) is 0.294. The van der Waals surface area contributed by atoms with Crippen molar-refractivity contribution in [1.29, 1.82) is 0 Å². The lowest BCUT2D eigenvalue weighted by Crippen LogP contribution is -2.33. The number of benzene rings is 2. The third-order valence-electron chi connectivity index (χ3n) is 3.28. The van der Waals surface area contributed by atoms with E-state index in [0.717, 1.165) is 0 Å². The van der Waals surface area contributed by atoms with Gasteiger partial charge in [0.2, 0.25) is 0 Å². The van der Waals surface area contributed by atoms with Crippen molar-refractivity contribution >= 4 is 35.6 Å². The maximum atomic E-state index is 10.00. The van der Waals surface area contributed by atoms with Crippen molar-refractivity contribution in [2.45, 2.75) is 19.1 Å². The summed E-state index contributed by atoms with van der Waals surface area (Å²) in [7, 11) is 0. The molecule has 0 heterocycles. The summed E-state index contributed by atoms with van der Waals surface area (Å²) >= 11 is 11.8. The van der Waals surface area contributed by atoms with Crippen molar-refractivity contribution in [3.05, 3.63) is 64.1 Å². The molecule has 0 aliphatic heterocycles. The molecule has 0 spiro atoms. The molecular weight excluding hydrogens is 357 g/mol. The van der Waals surface area contributed by atoms with Crippen LogP contribution in [0.5, 0.6) is 5.75 Å². The lowest BCUT2D eigenvalue weighted by Gasteiger charge is -2.18. The third-order valence-corrected chi connectivity index (χ3v) is 3.81. The van der Waals surface area contributed by atoms with Gasteiger partial charge in [-0.2, -0.15) is 0 Å². The Morgan fingerprint density at radius 1 is 1.13 bits per heavy atom. The van der Waals surface area contributed by atoms with Gasteiger partial charge < -0.3 is 15.2 Å². The van der Waals surface area contributed by atoms with Crippen molar-refractivity contribution in [3.8, 4) is 5.75 Å². The quantitative estimate of drug-likeness (QED) is 0.747. The Morgan fingerprint density at radius 3 is 2.48 bits per heavy atom. The molecule has 0 aromatic heterocycles. The van der Waals surface area contributed by atoms with Crippen LogP contribution in [-0.4, -0.2) is 24.4 Å². The van der Waals surface area contributed by atoms with Crippen molar-refractivity contribution in [3.63, 3.8) is 0 Å². The van der Waals surface area contributed by atoms with Crippen molar-refractivity contribution in [2.75, 3.05) is 13.2 Å². The standard InChI is InChI=1S/C17H19Cl2NO2.ClH/c1-12(13-5-3-2-4-6-13)20-10-15(21)11-22-17-8-7-14(18)9-16(17)19;/h2-9,12,15,20-21H,10-11H2,1H3;1H. The minimum atomic E-state index is -0.627. The first-order valence-corrected chi connectivity index (χ1v) is 7.86. The highest BCUT2D eigenvalue weighted by Gasteiger charge is 2.10. The van der Waals surface area contributed by atoms with Gasteiger partial charge in [-0.3, -0.25) is 0 Å². The Morgan fingerprint density at radius 2 is 1.83 bits per heavy atom. The smallest absolute Gasteiger partial charge is 0.138 e. The molecule has 0 fully saturated rings. The molecule has 0 saturated heterocycles. The molecule has 0 aliphatic rings. The average Bonchev–Trinajstić information content (AvgIpc) is 2.52. The second kappa shape index (κ2) is 10.0. The highest BCUT2D eigenvalue weighted by Crippen LogP contribution is 2.27. The molecule has 6 heteroatoms. The molecule has 23 heavy (non-hydrogen) atoms. The van der Waals surface area contributed by atoms with Gasteiger partial charge in [-0.05, 0) is 30.7 Å². The topological polar surface area (TPSA) is 41.5 Å². The van der Waals surface area contributed by atoms with E-state index in [1.54, 1.807) is 18.2 Å². The first kappa shape index (κ1) is 20.1. The Bertz CT molecular complexity index is 596. The fourth-order valence-electron chi connectivity index (χ4n) is 2.01. The lowest BCUT2D eigenvalue weighted by molar-refractivity contribution is 0.104. The fourth-order valence-corrected chi connectivity index (χ4v) is 2.47. The molecule has 2 rings (SSSR count). The van der Waals surface area contributed by atoms with Crippen molar-refractivity contribution in [2.24, 2.45) is 0 Å². The third kappa shape index (κ3) is 6.58. The molecule has 2 atom stereocenters. The van der Waals surface area contributed by atoms with E-state index >= 15 is 0 Å². The number of rotatable bonds is 7. The van der Waals surface area contributed by atoms with Gasteiger partial charge in [0.25, 0.3) is 0 Å². The van der Waals surface area contributed by atoms with Gasteiger partial charge in [0.1, 0.15) is 18.5 Å². The molecular formula is C17H20Cl3NO2. The van der Waals surface area contributed by atoms with Crippen LogP contribution in [0.4, 0.5) is 0 Å². The van der Waals surface area contributed by atoms with Crippen molar-refractivity contribution in [1.82, 2.24) is 5.32 Å². The molecule has 3 nitrogen and oxygen atoms in total. The average molecular weight is 377 g/mol. The maximum Gasteiger partial charge on any atom is 0.138 e. The van der Waals surface area contributed by atoms with Gasteiger partial charge in [-0.25, -0.2) is 0 Å². The van der Waals surface area contributed by atoms with E-state index in [2.05, 4.69) is 12.2 Å². The summed E-state index contributed by atoms with van der Waals surface area (Å²) in [5, 5.41) is 14.3. The van der Waals surface area contributed by atoms with Crippen LogP contribution in [0.3, 0.4) is 0 Å². The normalized spacial score (nSPS) is 13.0. The first-order chi connectivity index (χ1) is 10.6. The van der Waals surface area contributed by atoms with Gasteiger partial charge in [0, 0.05) is 17.6 Å². The molecule has 0 amide bonds. The number of hydrogen-bond acceptors (Lipinski definition) is 3. The molecule has 0 aliphatic carbocycles. The van der Waals surface area contributed by atoms with Crippen LogP contribution < -0.4 is 10.1 Å². The predicted molar refractivity (Wildman–Crippen MR) is 98.1 cm³/mol. The van der Waals surface area contributed by atoms with E-state index in [0.29, 0.717) is 22.3 Å². The number of aliphatic hydroxyl groups is 1. The van der Waals surface area contributed by atoms with Crippen molar-refractivity contribution < 1.29 is 9.84 Å². The van der Waals surface area contributed by atoms with Gasteiger partial charge >= 0.3 is 0 Å². The van der Waals surface area contributed by atoms with E-state index in [9.17, 15) is 5.11 Å². The summed E-state index contributed by atoms with van der Waals surface area (Å²) in [4.78, 5) is 0. The molecule has 0 bridgehead atoms. The molecule has 0 saturated carbocycles. The van der Waals surface area contributed by atoms with E-state index < -0.39 is 6.10 Å². The largest absolute Gasteiger partial charge is 0.489 e. The summed E-state index contributed by atoms with van der Waals surface area (Å²) in [6, 6.07) is 15.2. The van der Waals surface area contributed by atoms with Crippen LogP contribution in [0.1, 0.15) is 18.5 Å². The van der Waals surface area contributed by atoms with E-state index in [1.165, 1.54) is 5.56 Å². The van der Waals surface area contributed by atoms with Crippen LogP contribution in [0, 0.1) is 0 Å². The van der Waals surface area contributed by atoms with Gasteiger partial charge in [0.05, 0.1) is 5.02 Å². The summed E-state index contributed by atoms with van der Waals surface area (Å²) in [6.07, 6.45) is -0.627. The van der Waals surface area contributed by atoms with Gasteiger partial charge in [-0.1, -0.05) is 53.5 Å². The van der Waals surface area contributed by atoms with E-state index in [1.807, 2.05) is 30.3 Å².